The molecule has 30 heavy (non-hydrogen) atoms. The molecule has 6 aromatic rings. The van der Waals surface area contributed by atoms with Crippen molar-refractivity contribution in [2.45, 2.75) is 0 Å². The molecule has 0 bridgehead atoms. The number of aryl methyl sites for hydroxylation is 1. The van der Waals surface area contributed by atoms with E-state index in [0.717, 1.165) is 5.52 Å². The second-order valence-electron chi connectivity index (χ2n) is 7.80. The monoisotopic (exact) mass is 384 g/mol. The van der Waals surface area contributed by atoms with Gasteiger partial charge in [-0.1, -0.05) is 84.9 Å². The standard InChI is InChI=1S/C28H20N2/c1-30-18-29-27-12-6-11-26(28(27)30)24-10-5-9-23-22-15-13-20(19-7-3-2-4-8-19)17-21(22)14-16-25(23)24/h2-18H,1H3. The van der Waals surface area contributed by atoms with Gasteiger partial charge in [0.1, 0.15) is 0 Å². The minimum atomic E-state index is 1.03. The van der Waals surface area contributed by atoms with Crippen LogP contribution in [0.1, 0.15) is 0 Å². The van der Waals surface area contributed by atoms with Crippen LogP contribution in [0.5, 0.6) is 0 Å². The molecule has 0 amide bonds. The molecule has 142 valence electrons. The summed E-state index contributed by atoms with van der Waals surface area (Å²) in [4.78, 5) is 4.54. The largest absolute Gasteiger partial charge is 0.333 e. The Morgan fingerprint density at radius 1 is 0.600 bits per heavy atom. The van der Waals surface area contributed by atoms with Crippen molar-refractivity contribution in [3.63, 3.8) is 0 Å². The Hall–Kier alpha value is -3.91. The second-order valence-corrected chi connectivity index (χ2v) is 7.80. The number of hydrogen-bond acceptors (Lipinski definition) is 1. The van der Waals surface area contributed by atoms with Crippen LogP contribution in [0.25, 0.3) is 54.8 Å². The van der Waals surface area contributed by atoms with Crippen LogP contribution in [0.2, 0.25) is 0 Å². The average molecular weight is 384 g/mol. The highest BCUT2D eigenvalue weighted by molar-refractivity contribution is 6.14. The molecule has 2 heteroatoms. The van der Waals surface area contributed by atoms with E-state index in [1.165, 1.54) is 49.3 Å². The fraction of sp³-hybridized carbons (Fsp3) is 0.0357. The molecule has 0 aliphatic carbocycles. The maximum atomic E-state index is 4.54. The number of nitrogens with zero attached hydrogens (tertiary/aromatic N) is 2. The Balaban J connectivity index is 1.61. The van der Waals surface area contributed by atoms with E-state index < -0.39 is 0 Å². The lowest BCUT2D eigenvalue weighted by Crippen LogP contribution is -1.90. The summed E-state index contributed by atoms with van der Waals surface area (Å²) in [6.07, 6.45) is 1.89. The smallest absolute Gasteiger partial charge is 0.0955 e. The van der Waals surface area contributed by atoms with Gasteiger partial charge in [0.05, 0.1) is 17.4 Å². The molecular formula is C28H20N2. The SMILES string of the molecule is Cn1cnc2cccc(-c3cccc4c3ccc3cc(-c5ccccc5)ccc34)c21. The van der Waals surface area contributed by atoms with Crippen LogP contribution in [-0.2, 0) is 7.05 Å². The fourth-order valence-corrected chi connectivity index (χ4v) is 4.57. The Labute approximate surface area is 175 Å². The first-order chi connectivity index (χ1) is 14.8. The van der Waals surface area contributed by atoms with Gasteiger partial charge in [-0.25, -0.2) is 4.98 Å². The molecule has 1 heterocycles. The zero-order valence-electron chi connectivity index (χ0n) is 16.7. The zero-order valence-corrected chi connectivity index (χ0v) is 16.7. The van der Waals surface area contributed by atoms with Gasteiger partial charge in [0.15, 0.2) is 0 Å². The number of rotatable bonds is 2. The third kappa shape index (κ3) is 2.54. The first-order valence-electron chi connectivity index (χ1n) is 10.2. The van der Waals surface area contributed by atoms with Crippen molar-refractivity contribution in [1.29, 1.82) is 0 Å². The number of benzene rings is 5. The summed E-state index contributed by atoms with van der Waals surface area (Å²) >= 11 is 0. The van der Waals surface area contributed by atoms with Crippen molar-refractivity contribution < 1.29 is 0 Å². The van der Waals surface area contributed by atoms with Crippen LogP contribution in [-0.4, -0.2) is 9.55 Å². The summed E-state index contributed by atoms with van der Waals surface area (Å²) in [5.41, 5.74) is 7.16. The van der Waals surface area contributed by atoms with E-state index in [1.807, 2.05) is 6.33 Å². The summed E-state index contributed by atoms with van der Waals surface area (Å²) in [7, 11) is 2.06. The molecule has 0 N–H and O–H groups in total. The number of hydrogen-bond donors (Lipinski definition) is 0. The first-order valence-corrected chi connectivity index (χ1v) is 10.2. The normalized spacial score (nSPS) is 11.5. The molecule has 2 nitrogen and oxygen atoms in total. The number of fused-ring (bicyclic) bond motifs is 4. The molecule has 0 saturated carbocycles. The van der Waals surface area contributed by atoms with E-state index in [0.29, 0.717) is 0 Å². The molecule has 0 aliphatic heterocycles. The van der Waals surface area contributed by atoms with Crippen molar-refractivity contribution in [1.82, 2.24) is 9.55 Å². The summed E-state index contributed by atoms with van der Waals surface area (Å²) in [5, 5.41) is 5.10. The Morgan fingerprint density at radius 2 is 1.40 bits per heavy atom. The molecule has 0 atom stereocenters. The first kappa shape index (κ1) is 17.0. The van der Waals surface area contributed by atoms with Crippen molar-refractivity contribution in [3.8, 4) is 22.3 Å². The summed E-state index contributed by atoms with van der Waals surface area (Å²) in [6, 6.07) is 34.8. The van der Waals surface area contributed by atoms with E-state index in [9.17, 15) is 0 Å². The third-order valence-electron chi connectivity index (χ3n) is 6.01. The zero-order chi connectivity index (χ0) is 20.1. The molecule has 0 radical (unpaired) electrons. The molecule has 1 aromatic heterocycles. The number of aromatic nitrogens is 2. The molecule has 0 spiro atoms. The van der Waals surface area contributed by atoms with Gasteiger partial charge in [-0.15, -0.1) is 0 Å². The predicted molar refractivity (Wildman–Crippen MR) is 127 cm³/mol. The van der Waals surface area contributed by atoms with Gasteiger partial charge in [-0.05, 0) is 50.4 Å². The van der Waals surface area contributed by atoms with E-state index in [2.05, 4.69) is 114 Å². The van der Waals surface area contributed by atoms with E-state index in [4.69, 9.17) is 0 Å². The van der Waals surface area contributed by atoms with Crippen LogP contribution in [0.15, 0.2) is 103 Å². The van der Waals surface area contributed by atoms with Crippen LogP contribution >= 0.6 is 0 Å². The quantitative estimate of drug-likeness (QED) is 0.288. The van der Waals surface area contributed by atoms with Crippen LogP contribution in [0, 0.1) is 0 Å². The highest BCUT2D eigenvalue weighted by Gasteiger charge is 2.12. The minimum absolute atomic E-state index is 1.03. The Bertz CT molecular complexity index is 1540. The van der Waals surface area contributed by atoms with Crippen molar-refractivity contribution in [2.24, 2.45) is 7.05 Å². The molecule has 0 fully saturated rings. The van der Waals surface area contributed by atoms with Gasteiger partial charge in [-0.3, -0.25) is 0 Å². The van der Waals surface area contributed by atoms with Crippen molar-refractivity contribution >= 4 is 32.6 Å². The van der Waals surface area contributed by atoms with Gasteiger partial charge in [0.2, 0.25) is 0 Å². The Morgan fingerprint density at radius 3 is 2.30 bits per heavy atom. The number of imidazole rings is 1. The summed E-state index contributed by atoms with van der Waals surface area (Å²) in [6.45, 7) is 0. The summed E-state index contributed by atoms with van der Waals surface area (Å²) < 4.78 is 2.11. The molecule has 0 unspecified atom stereocenters. The lowest BCUT2D eigenvalue weighted by Gasteiger charge is -2.12. The third-order valence-corrected chi connectivity index (χ3v) is 6.01. The van der Waals surface area contributed by atoms with Crippen LogP contribution in [0.4, 0.5) is 0 Å². The van der Waals surface area contributed by atoms with Crippen molar-refractivity contribution in [2.75, 3.05) is 0 Å². The topological polar surface area (TPSA) is 17.8 Å². The predicted octanol–water partition coefficient (Wildman–Crippen LogP) is 7.21. The van der Waals surface area contributed by atoms with Gasteiger partial charge in [0, 0.05) is 12.6 Å². The lowest BCUT2D eigenvalue weighted by molar-refractivity contribution is 0.948. The highest BCUT2D eigenvalue weighted by atomic mass is 15.0. The molecular weight excluding hydrogens is 364 g/mol. The van der Waals surface area contributed by atoms with Gasteiger partial charge in [-0.2, -0.15) is 0 Å². The van der Waals surface area contributed by atoms with E-state index in [-0.39, 0.29) is 0 Å². The van der Waals surface area contributed by atoms with Crippen molar-refractivity contribution in [3.05, 3.63) is 103 Å². The Kier molecular flexibility index (Phi) is 3.72. The molecule has 0 saturated heterocycles. The van der Waals surface area contributed by atoms with Crippen LogP contribution < -0.4 is 0 Å². The van der Waals surface area contributed by atoms with Gasteiger partial charge in [0.25, 0.3) is 0 Å². The lowest BCUT2D eigenvalue weighted by atomic mass is 9.93. The van der Waals surface area contributed by atoms with Crippen LogP contribution in [0.3, 0.4) is 0 Å². The average Bonchev–Trinajstić information content (AvgIpc) is 3.20. The summed E-state index contributed by atoms with van der Waals surface area (Å²) in [5.74, 6) is 0. The maximum absolute atomic E-state index is 4.54. The second kappa shape index (κ2) is 6.57. The van der Waals surface area contributed by atoms with E-state index >= 15 is 0 Å². The maximum Gasteiger partial charge on any atom is 0.0955 e. The molecule has 5 aromatic carbocycles. The molecule has 6 rings (SSSR count). The van der Waals surface area contributed by atoms with E-state index in [1.54, 1.807) is 0 Å². The van der Waals surface area contributed by atoms with Gasteiger partial charge < -0.3 is 4.57 Å². The highest BCUT2D eigenvalue weighted by Crippen LogP contribution is 2.37. The van der Waals surface area contributed by atoms with Gasteiger partial charge >= 0.3 is 0 Å². The fourth-order valence-electron chi connectivity index (χ4n) is 4.57. The minimum Gasteiger partial charge on any atom is -0.333 e. The number of para-hydroxylation sites is 1. The molecule has 0 aliphatic rings.